The van der Waals surface area contributed by atoms with Crippen molar-refractivity contribution in [3.63, 3.8) is 0 Å². The van der Waals surface area contributed by atoms with Gasteiger partial charge in [-0.3, -0.25) is 0 Å². The molecular formula is C11H13BrFNO2. The molecule has 2 heterocycles. The molecule has 0 saturated carbocycles. The fourth-order valence-corrected chi connectivity index (χ4v) is 2.08. The molecule has 0 aromatic carbocycles. The van der Waals surface area contributed by atoms with Crippen LogP contribution < -0.4 is 4.74 Å². The SMILES string of the molecule is CCOc1ncc(Br)cc1[C@@]1(F)CCOC1. The normalized spacial score (nSPS) is 24.7. The Labute approximate surface area is 102 Å². The fraction of sp³-hybridized carbons (Fsp3) is 0.545. The number of ether oxygens (including phenoxy) is 2. The minimum atomic E-state index is -1.47. The van der Waals surface area contributed by atoms with E-state index in [-0.39, 0.29) is 6.61 Å². The van der Waals surface area contributed by atoms with E-state index in [9.17, 15) is 4.39 Å². The van der Waals surface area contributed by atoms with Gasteiger partial charge in [-0.05, 0) is 28.9 Å². The summed E-state index contributed by atoms with van der Waals surface area (Å²) in [6, 6.07) is 1.71. The first-order valence-electron chi connectivity index (χ1n) is 5.21. The van der Waals surface area contributed by atoms with Crippen LogP contribution in [0.2, 0.25) is 0 Å². The van der Waals surface area contributed by atoms with E-state index in [0.29, 0.717) is 31.1 Å². The van der Waals surface area contributed by atoms with E-state index in [1.54, 1.807) is 12.3 Å². The predicted molar refractivity (Wildman–Crippen MR) is 61.3 cm³/mol. The van der Waals surface area contributed by atoms with Crippen LogP contribution in [0.15, 0.2) is 16.7 Å². The van der Waals surface area contributed by atoms with E-state index in [0.717, 1.165) is 4.47 Å². The van der Waals surface area contributed by atoms with Crippen LogP contribution in [-0.4, -0.2) is 24.8 Å². The zero-order chi connectivity index (χ0) is 11.6. The number of pyridine rings is 1. The molecule has 0 spiro atoms. The number of aromatic nitrogens is 1. The highest BCUT2D eigenvalue weighted by Gasteiger charge is 2.40. The first-order chi connectivity index (χ1) is 7.65. The van der Waals surface area contributed by atoms with Crippen molar-refractivity contribution in [3.05, 3.63) is 22.3 Å². The molecule has 1 saturated heterocycles. The molecule has 3 nitrogen and oxygen atoms in total. The molecule has 0 aliphatic carbocycles. The number of alkyl halides is 1. The van der Waals surface area contributed by atoms with Crippen molar-refractivity contribution >= 4 is 15.9 Å². The Morgan fingerprint density at radius 2 is 2.50 bits per heavy atom. The molecule has 2 rings (SSSR count). The maximum atomic E-state index is 14.5. The van der Waals surface area contributed by atoms with Gasteiger partial charge in [0, 0.05) is 17.1 Å². The second kappa shape index (κ2) is 4.67. The minimum absolute atomic E-state index is 0.0746. The zero-order valence-corrected chi connectivity index (χ0v) is 10.6. The third-order valence-corrected chi connectivity index (χ3v) is 2.99. The lowest BCUT2D eigenvalue weighted by molar-refractivity contribution is 0.108. The third-order valence-electron chi connectivity index (χ3n) is 2.56. The van der Waals surface area contributed by atoms with Gasteiger partial charge >= 0.3 is 0 Å². The van der Waals surface area contributed by atoms with Crippen LogP contribution in [0.4, 0.5) is 4.39 Å². The summed E-state index contributed by atoms with van der Waals surface area (Å²) < 4.78 is 25.7. The Hall–Kier alpha value is -0.680. The Bertz CT molecular complexity index is 380. The van der Waals surface area contributed by atoms with Crippen LogP contribution in [0.1, 0.15) is 18.9 Å². The van der Waals surface area contributed by atoms with Crippen molar-refractivity contribution < 1.29 is 13.9 Å². The first-order valence-corrected chi connectivity index (χ1v) is 6.00. The van der Waals surface area contributed by atoms with Gasteiger partial charge in [-0.1, -0.05) is 0 Å². The largest absolute Gasteiger partial charge is 0.478 e. The van der Waals surface area contributed by atoms with Gasteiger partial charge in [-0.15, -0.1) is 0 Å². The van der Waals surface area contributed by atoms with Gasteiger partial charge < -0.3 is 9.47 Å². The Morgan fingerprint density at radius 3 is 3.12 bits per heavy atom. The maximum Gasteiger partial charge on any atom is 0.219 e. The van der Waals surface area contributed by atoms with E-state index < -0.39 is 5.67 Å². The van der Waals surface area contributed by atoms with E-state index in [4.69, 9.17) is 9.47 Å². The summed E-state index contributed by atoms with van der Waals surface area (Å²) in [7, 11) is 0. The number of rotatable bonds is 3. The van der Waals surface area contributed by atoms with Gasteiger partial charge in [0.1, 0.15) is 0 Å². The van der Waals surface area contributed by atoms with Gasteiger partial charge in [0.25, 0.3) is 0 Å². The van der Waals surface area contributed by atoms with Crippen LogP contribution in [-0.2, 0) is 10.4 Å². The standard InChI is InChI=1S/C11H13BrFNO2/c1-2-16-10-9(5-8(12)6-14-10)11(13)3-4-15-7-11/h5-6H,2-4,7H2,1H3/t11-/m1/s1. The maximum absolute atomic E-state index is 14.5. The van der Waals surface area contributed by atoms with E-state index in [2.05, 4.69) is 20.9 Å². The average Bonchev–Trinajstić information content (AvgIpc) is 2.69. The van der Waals surface area contributed by atoms with Crippen molar-refractivity contribution in [3.8, 4) is 5.88 Å². The zero-order valence-electron chi connectivity index (χ0n) is 9.00. The van der Waals surface area contributed by atoms with Crippen LogP contribution in [0.5, 0.6) is 5.88 Å². The highest BCUT2D eigenvalue weighted by atomic mass is 79.9. The summed E-state index contributed by atoms with van der Waals surface area (Å²) in [5.74, 6) is 0.360. The molecule has 1 aromatic rings. The molecule has 1 atom stereocenters. The lowest BCUT2D eigenvalue weighted by atomic mass is 9.96. The molecule has 5 heteroatoms. The van der Waals surface area contributed by atoms with E-state index in [1.165, 1.54) is 0 Å². The molecule has 0 N–H and O–H groups in total. The van der Waals surface area contributed by atoms with Crippen LogP contribution in [0.3, 0.4) is 0 Å². The summed E-state index contributed by atoms with van der Waals surface area (Å²) in [5.41, 5.74) is -0.998. The minimum Gasteiger partial charge on any atom is -0.478 e. The molecule has 16 heavy (non-hydrogen) atoms. The van der Waals surface area contributed by atoms with Gasteiger partial charge in [0.15, 0.2) is 5.67 Å². The number of hydrogen-bond donors (Lipinski definition) is 0. The molecular weight excluding hydrogens is 277 g/mol. The molecule has 1 aliphatic heterocycles. The van der Waals surface area contributed by atoms with Gasteiger partial charge in [0.05, 0.1) is 25.4 Å². The lowest BCUT2D eigenvalue weighted by Gasteiger charge is -2.20. The molecule has 88 valence electrons. The number of nitrogens with zero attached hydrogens (tertiary/aromatic N) is 1. The third kappa shape index (κ3) is 2.20. The second-order valence-corrected chi connectivity index (χ2v) is 4.62. The Balaban J connectivity index is 2.40. The molecule has 1 aliphatic rings. The Morgan fingerprint density at radius 1 is 1.69 bits per heavy atom. The summed E-state index contributed by atoms with van der Waals surface area (Å²) in [6.45, 7) is 2.84. The van der Waals surface area contributed by atoms with Crippen molar-refractivity contribution in [2.24, 2.45) is 0 Å². The molecule has 1 aromatic heterocycles. The molecule has 0 radical (unpaired) electrons. The summed E-state index contributed by atoms with van der Waals surface area (Å²) >= 11 is 3.29. The van der Waals surface area contributed by atoms with Gasteiger partial charge in [-0.2, -0.15) is 0 Å². The van der Waals surface area contributed by atoms with Gasteiger partial charge in [-0.25, -0.2) is 9.37 Å². The molecule has 0 bridgehead atoms. The molecule has 0 unspecified atom stereocenters. The Kier molecular flexibility index (Phi) is 3.44. The topological polar surface area (TPSA) is 31.4 Å². The highest BCUT2D eigenvalue weighted by molar-refractivity contribution is 9.10. The number of hydrogen-bond acceptors (Lipinski definition) is 3. The van der Waals surface area contributed by atoms with Crippen molar-refractivity contribution in [2.45, 2.75) is 19.0 Å². The first kappa shape index (κ1) is 11.8. The quantitative estimate of drug-likeness (QED) is 0.857. The van der Waals surface area contributed by atoms with Crippen molar-refractivity contribution in [2.75, 3.05) is 19.8 Å². The van der Waals surface area contributed by atoms with Crippen molar-refractivity contribution in [1.29, 1.82) is 0 Å². The predicted octanol–water partition coefficient (Wildman–Crippen LogP) is 2.83. The van der Waals surface area contributed by atoms with Crippen LogP contribution >= 0.6 is 15.9 Å². The smallest absolute Gasteiger partial charge is 0.219 e. The number of halogens is 2. The van der Waals surface area contributed by atoms with Crippen LogP contribution in [0, 0.1) is 0 Å². The molecule has 1 fully saturated rings. The van der Waals surface area contributed by atoms with Crippen molar-refractivity contribution in [1.82, 2.24) is 4.98 Å². The highest BCUT2D eigenvalue weighted by Crippen LogP contribution is 2.39. The lowest BCUT2D eigenvalue weighted by Crippen LogP contribution is -2.21. The fourth-order valence-electron chi connectivity index (χ4n) is 1.75. The van der Waals surface area contributed by atoms with E-state index >= 15 is 0 Å². The van der Waals surface area contributed by atoms with Gasteiger partial charge in [0.2, 0.25) is 5.88 Å². The second-order valence-electron chi connectivity index (χ2n) is 3.71. The summed E-state index contributed by atoms with van der Waals surface area (Å²) in [6.07, 6.45) is 1.96. The summed E-state index contributed by atoms with van der Waals surface area (Å²) in [4.78, 5) is 4.09. The molecule has 0 amide bonds. The monoisotopic (exact) mass is 289 g/mol. The average molecular weight is 290 g/mol. The summed E-state index contributed by atoms with van der Waals surface area (Å²) in [5, 5.41) is 0. The van der Waals surface area contributed by atoms with E-state index in [1.807, 2.05) is 6.92 Å². The van der Waals surface area contributed by atoms with Crippen LogP contribution in [0.25, 0.3) is 0 Å².